The molecule has 0 bridgehead atoms. The maximum absolute atomic E-state index is 12.7. The quantitative estimate of drug-likeness (QED) is 0.677. The van der Waals surface area contributed by atoms with Crippen molar-refractivity contribution in [2.75, 3.05) is 51.2 Å². The average molecular weight is 445 g/mol. The second kappa shape index (κ2) is 10.3. The lowest BCUT2D eigenvalue weighted by Gasteiger charge is -2.35. The fourth-order valence-corrected chi connectivity index (χ4v) is 5.24. The van der Waals surface area contributed by atoms with Crippen LogP contribution in [0, 0.1) is 0 Å². The highest BCUT2D eigenvalue weighted by Gasteiger charge is 2.22. The Morgan fingerprint density at radius 3 is 2.19 bits per heavy atom. The van der Waals surface area contributed by atoms with E-state index in [0.29, 0.717) is 25.2 Å². The highest BCUT2D eigenvalue weighted by molar-refractivity contribution is 7.89. The van der Waals surface area contributed by atoms with Crippen molar-refractivity contribution in [3.63, 3.8) is 0 Å². The molecule has 0 spiro atoms. The normalized spacial score (nSPS) is 15.3. The molecule has 1 fully saturated rings. The number of nitrogens with one attached hydrogen (secondary N) is 1. The number of carbonyl (C=O) groups is 1. The number of likely N-dealkylation sites (N-methyl/N-ethyl adjacent to an activating group) is 1. The second-order valence-corrected chi connectivity index (χ2v) is 9.65. The van der Waals surface area contributed by atoms with Crippen LogP contribution in [-0.2, 0) is 16.6 Å². The van der Waals surface area contributed by atoms with Crippen LogP contribution in [0.3, 0.4) is 0 Å². The number of para-hydroxylation sites is 1. The molecule has 168 valence electrons. The highest BCUT2D eigenvalue weighted by atomic mass is 32.2. The zero-order valence-corrected chi connectivity index (χ0v) is 19.4. The minimum absolute atomic E-state index is 0.202. The van der Waals surface area contributed by atoms with Crippen LogP contribution in [0.25, 0.3) is 0 Å². The lowest BCUT2D eigenvalue weighted by atomic mass is 10.1. The van der Waals surface area contributed by atoms with Crippen molar-refractivity contribution in [3.8, 4) is 0 Å². The van der Waals surface area contributed by atoms with Crippen molar-refractivity contribution in [2.24, 2.45) is 0 Å². The van der Waals surface area contributed by atoms with E-state index in [0.717, 1.165) is 37.4 Å². The molecule has 1 N–H and O–H groups in total. The molecule has 1 aliphatic heterocycles. The molecule has 1 saturated heterocycles. The van der Waals surface area contributed by atoms with Crippen molar-refractivity contribution in [3.05, 3.63) is 59.7 Å². The van der Waals surface area contributed by atoms with E-state index in [1.165, 1.54) is 16.4 Å². The number of nitrogens with zero attached hydrogens (tertiary/aromatic N) is 3. The van der Waals surface area contributed by atoms with Crippen molar-refractivity contribution < 1.29 is 13.2 Å². The standard InChI is InChI=1S/C23H32N4O3S/c1-4-27(5-2)31(29,30)21-12-10-19(11-13-21)23(28)24-18-20-8-6-7-9-22(20)26-16-14-25(3)15-17-26/h6-13H,4-5,14-18H2,1-3H3,(H,24,28). The molecule has 0 aromatic heterocycles. The molecule has 2 aromatic carbocycles. The fraction of sp³-hybridized carbons (Fsp3) is 0.435. The Morgan fingerprint density at radius 1 is 0.968 bits per heavy atom. The summed E-state index contributed by atoms with van der Waals surface area (Å²) in [5, 5.41) is 2.97. The van der Waals surface area contributed by atoms with Crippen molar-refractivity contribution in [1.82, 2.24) is 14.5 Å². The molecule has 1 heterocycles. The molecule has 31 heavy (non-hydrogen) atoms. The Labute approximate surface area is 185 Å². The Bertz CT molecular complexity index is 980. The third-order valence-corrected chi connectivity index (χ3v) is 7.80. The first kappa shape index (κ1) is 23.2. The summed E-state index contributed by atoms with van der Waals surface area (Å²) in [6.45, 7) is 8.81. The third-order valence-electron chi connectivity index (χ3n) is 5.73. The van der Waals surface area contributed by atoms with Crippen LogP contribution < -0.4 is 10.2 Å². The molecule has 0 unspecified atom stereocenters. The molecule has 7 nitrogen and oxygen atoms in total. The van der Waals surface area contributed by atoms with Gasteiger partial charge in [-0.2, -0.15) is 4.31 Å². The van der Waals surface area contributed by atoms with Gasteiger partial charge in [-0.05, 0) is 42.9 Å². The van der Waals surface area contributed by atoms with Gasteiger partial charge in [0.25, 0.3) is 5.91 Å². The number of rotatable bonds is 8. The number of piperazine rings is 1. The van der Waals surface area contributed by atoms with Crippen LogP contribution in [0.5, 0.6) is 0 Å². The Kier molecular flexibility index (Phi) is 7.69. The largest absolute Gasteiger partial charge is 0.369 e. The zero-order chi connectivity index (χ0) is 22.4. The van der Waals surface area contributed by atoms with Gasteiger partial charge in [-0.3, -0.25) is 4.79 Å². The van der Waals surface area contributed by atoms with E-state index < -0.39 is 10.0 Å². The summed E-state index contributed by atoms with van der Waals surface area (Å²) in [5.74, 6) is -0.222. The van der Waals surface area contributed by atoms with E-state index in [2.05, 4.69) is 28.2 Å². The van der Waals surface area contributed by atoms with Crippen LogP contribution in [0.4, 0.5) is 5.69 Å². The van der Waals surface area contributed by atoms with Crippen LogP contribution in [-0.4, -0.2) is 69.8 Å². The van der Waals surface area contributed by atoms with Gasteiger partial charge >= 0.3 is 0 Å². The average Bonchev–Trinajstić information content (AvgIpc) is 2.79. The van der Waals surface area contributed by atoms with E-state index in [9.17, 15) is 13.2 Å². The van der Waals surface area contributed by atoms with Crippen LogP contribution >= 0.6 is 0 Å². The molecule has 0 atom stereocenters. The van der Waals surface area contributed by atoms with E-state index in [1.54, 1.807) is 12.1 Å². The summed E-state index contributed by atoms with van der Waals surface area (Å²) < 4.78 is 26.6. The number of hydrogen-bond acceptors (Lipinski definition) is 5. The van der Waals surface area contributed by atoms with Gasteiger partial charge in [-0.1, -0.05) is 32.0 Å². The summed E-state index contributed by atoms with van der Waals surface area (Å²) in [4.78, 5) is 17.5. The van der Waals surface area contributed by atoms with Gasteiger partial charge in [0.15, 0.2) is 0 Å². The molecule has 0 aliphatic carbocycles. The highest BCUT2D eigenvalue weighted by Crippen LogP contribution is 2.22. The van der Waals surface area contributed by atoms with E-state index in [1.807, 2.05) is 32.0 Å². The summed E-state index contributed by atoms with van der Waals surface area (Å²) in [7, 11) is -1.40. The zero-order valence-electron chi connectivity index (χ0n) is 18.5. The fourth-order valence-electron chi connectivity index (χ4n) is 3.78. The molecule has 1 amide bonds. The number of carbonyl (C=O) groups excluding carboxylic acids is 1. The molecule has 0 saturated carbocycles. The van der Waals surface area contributed by atoms with Crippen molar-refractivity contribution >= 4 is 21.6 Å². The molecular formula is C23H32N4O3S. The number of amides is 1. The van der Waals surface area contributed by atoms with Crippen molar-refractivity contribution in [2.45, 2.75) is 25.3 Å². The molecule has 1 aliphatic rings. The van der Waals surface area contributed by atoms with Gasteiger partial charge in [-0.15, -0.1) is 0 Å². The van der Waals surface area contributed by atoms with Gasteiger partial charge in [0.1, 0.15) is 0 Å². The molecule has 2 aromatic rings. The van der Waals surface area contributed by atoms with Gasteiger partial charge in [0.2, 0.25) is 10.0 Å². The first-order chi connectivity index (χ1) is 14.9. The predicted octanol–water partition coefficient (Wildman–Crippen LogP) is 2.40. The Morgan fingerprint density at radius 2 is 1.58 bits per heavy atom. The Balaban J connectivity index is 1.67. The maximum atomic E-state index is 12.7. The number of benzene rings is 2. The second-order valence-electron chi connectivity index (χ2n) is 7.72. The number of anilines is 1. The minimum Gasteiger partial charge on any atom is -0.369 e. The third kappa shape index (κ3) is 5.44. The lowest BCUT2D eigenvalue weighted by molar-refractivity contribution is 0.0951. The SMILES string of the molecule is CCN(CC)S(=O)(=O)c1ccc(C(=O)NCc2ccccc2N2CCN(C)CC2)cc1. The maximum Gasteiger partial charge on any atom is 0.251 e. The first-order valence-corrected chi connectivity index (χ1v) is 12.2. The smallest absolute Gasteiger partial charge is 0.251 e. The van der Waals surface area contributed by atoms with E-state index >= 15 is 0 Å². The topological polar surface area (TPSA) is 73.0 Å². The van der Waals surface area contributed by atoms with Crippen LogP contribution in [0.1, 0.15) is 29.8 Å². The predicted molar refractivity (Wildman–Crippen MR) is 124 cm³/mol. The summed E-state index contributed by atoms with van der Waals surface area (Å²) in [6.07, 6.45) is 0. The van der Waals surface area contributed by atoms with Crippen LogP contribution in [0.2, 0.25) is 0 Å². The Hall–Kier alpha value is -2.42. The van der Waals surface area contributed by atoms with E-state index in [4.69, 9.17) is 0 Å². The number of hydrogen-bond donors (Lipinski definition) is 1. The van der Waals surface area contributed by atoms with E-state index in [-0.39, 0.29) is 10.8 Å². The minimum atomic E-state index is -3.53. The van der Waals surface area contributed by atoms with Gasteiger partial charge < -0.3 is 15.1 Å². The summed E-state index contributed by atoms with van der Waals surface area (Å²) in [6, 6.07) is 14.3. The van der Waals surface area contributed by atoms with Crippen LogP contribution in [0.15, 0.2) is 53.4 Å². The van der Waals surface area contributed by atoms with Gasteiger partial charge in [0.05, 0.1) is 4.90 Å². The van der Waals surface area contributed by atoms with Gasteiger partial charge in [-0.25, -0.2) is 8.42 Å². The molecular weight excluding hydrogens is 412 g/mol. The van der Waals surface area contributed by atoms with Crippen molar-refractivity contribution in [1.29, 1.82) is 0 Å². The molecule has 8 heteroatoms. The summed E-state index contributed by atoms with van der Waals surface area (Å²) >= 11 is 0. The molecule has 0 radical (unpaired) electrons. The lowest BCUT2D eigenvalue weighted by Crippen LogP contribution is -2.45. The van der Waals surface area contributed by atoms with Gasteiger partial charge in [0, 0.05) is 57.1 Å². The monoisotopic (exact) mass is 444 g/mol. The summed E-state index contributed by atoms with van der Waals surface area (Å²) in [5.41, 5.74) is 2.66. The molecule has 3 rings (SSSR count). The first-order valence-electron chi connectivity index (χ1n) is 10.8. The number of sulfonamides is 1.